The zero-order valence-electron chi connectivity index (χ0n) is 22.3. The van der Waals surface area contributed by atoms with Gasteiger partial charge in [-0.05, 0) is 65.6 Å². The van der Waals surface area contributed by atoms with E-state index in [1.165, 1.54) is 23.3 Å². The van der Waals surface area contributed by atoms with E-state index in [0.29, 0.717) is 26.2 Å². The predicted molar refractivity (Wildman–Crippen MR) is 149 cm³/mol. The van der Waals surface area contributed by atoms with Crippen molar-refractivity contribution in [1.29, 1.82) is 0 Å². The summed E-state index contributed by atoms with van der Waals surface area (Å²) >= 11 is 0. The lowest BCUT2D eigenvalue weighted by Crippen LogP contribution is -2.48. The number of benzene rings is 3. The van der Waals surface area contributed by atoms with E-state index in [2.05, 4.69) is 22.8 Å². The standard InChI is InChI=1S/C30H36FN5O2/c1-4-32-15-16-33-29(37)20-35(21-30(38)34(3)36-18-25-7-5-6-8-26(25)19-36)28-14-11-24(17-22(28)2)23-9-12-27(31)13-10-23/h5-14,17,32H,4,15-16,18-21H2,1-3H3,(H,33,37). The molecule has 2 amide bonds. The van der Waals surface area contributed by atoms with Gasteiger partial charge in [0.2, 0.25) is 5.91 Å². The van der Waals surface area contributed by atoms with Crippen LogP contribution < -0.4 is 15.5 Å². The molecular weight excluding hydrogens is 481 g/mol. The highest BCUT2D eigenvalue weighted by molar-refractivity contribution is 5.87. The number of nitrogens with zero attached hydrogens (tertiary/aromatic N) is 3. The molecule has 0 unspecified atom stereocenters. The maximum Gasteiger partial charge on any atom is 0.256 e. The average molecular weight is 518 g/mol. The Balaban J connectivity index is 1.51. The summed E-state index contributed by atoms with van der Waals surface area (Å²) in [5.41, 5.74) is 6.02. The van der Waals surface area contributed by atoms with Gasteiger partial charge < -0.3 is 15.5 Å². The maximum absolute atomic E-state index is 13.4. The number of anilines is 1. The number of nitrogens with one attached hydrogen (secondary N) is 2. The Morgan fingerprint density at radius 3 is 2.21 bits per heavy atom. The molecule has 3 aromatic rings. The number of likely N-dealkylation sites (N-methyl/N-ethyl adjacent to an activating group) is 2. The van der Waals surface area contributed by atoms with Crippen molar-refractivity contribution in [3.8, 4) is 11.1 Å². The van der Waals surface area contributed by atoms with Gasteiger partial charge in [0.15, 0.2) is 0 Å². The molecule has 2 N–H and O–H groups in total. The van der Waals surface area contributed by atoms with Crippen LogP contribution >= 0.6 is 0 Å². The monoisotopic (exact) mass is 517 g/mol. The summed E-state index contributed by atoms with van der Waals surface area (Å²) in [7, 11) is 1.79. The Bertz CT molecular complexity index is 1240. The number of amides is 2. The third-order valence-electron chi connectivity index (χ3n) is 6.86. The Morgan fingerprint density at radius 1 is 0.921 bits per heavy atom. The number of aryl methyl sites for hydroxylation is 1. The van der Waals surface area contributed by atoms with Gasteiger partial charge in [-0.15, -0.1) is 0 Å². The SMILES string of the molecule is CCNCCNC(=O)CN(CC(=O)N(C)N1Cc2ccccc2C1)c1ccc(-c2ccc(F)cc2)cc1C. The van der Waals surface area contributed by atoms with Crippen molar-refractivity contribution in [2.45, 2.75) is 26.9 Å². The third-order valence-corrected chi connectivity index (χ3v) is 6.86. The van der Waals surface area contributed by atoms with Crippen LogP contribution in [-0.2, 0) is 22.7 Å². The van der Waals surface area contributed by atoms with Crippen molar-refractivity contribution >= 4 is 17.5 Å². The number of hydrogen-bond donors (Lipinski definition) is 2. The fourth-order valence-corrected chi connectivity index (χ4v) is 4.71. The molecule has 0 bridgehead atoms. The van der Waals surface area contributed by atoms with Gasteiger partial charge in [0.05, 0.1) is 13.1 Å². The van der Waals surface area contributed by atoms with Crippen LogP contribution in [0, 0.1) is 12.7 Å². The topological polar surface area (TPSA) is 67.9 Å². The molecule has 4 rings (SSSR count). The van der Waals surface area contributed by atoms with Crippen molar-refractivity contribution in [3.05, 3.63) is 89.2 Å². The van der Waals surface area contributed by atoms with Gasteiger partial charge in [0.25, 0.3) is 5.91 Å². The fourth-order valence-electron chi connectivity index (χ4n) is 4.71. The molecule has 1 aliphatic heterocycles. The zero-order chi connectivity index (χ0) is 27.1. The van der Waals surface area contributed by atoms with E-state index in [1.54, 1.807) is 24.2 Å². The Kier molecular flexibility index (Phi) is 9.10. The Hall–Kier alpha value is -3.75. The number of hydrogen-bond acceptors (Lipinski definition) is 5. The van der Waals surface area contributed by atoms with Crippen molar-refractivity contribution < 1.29 is 14.0 Å². The van der Waals surface area contributed by atoms with Crippen LogP contribution in [0.2, 0.25) is 0 Å². The predicted octanol–water partition coefficient (Wildman–Crippen LogP) is 3.72. The first kappa shape index (κ1) is 27.3. The van der Waals surface area contributed by atoms with Crippen LogP contribution in [0.5, 0.6) is 0 Å². The fraction of sp³-hybridized carbons (Fsp3) is 0.333. The minimum absolute atomic E-state index is 0.0563. The average Bonchev–Trinajstić information content (AvgIpc) is 3.35. The lowest BCUT2D eigenvalue weighted by atomic mass is 10.0. The van der Waals surface area contributed by atoms with Gasteiger partial charge >= 0.3 is 0 Å². The molecule has 0 aromatic heterocycles. The highest BCUT2D eigenvalue weighted by atomic mass is 19.1. The minimum atomic E-state index is -0.280. The van der Waals surface area contributed by atoms with Crippen LogP contribution in [0.3, 0.4) is 0 Å². The van der Waals surface area contributed by atoms with E-state index in [-0.39, 0.29) is 30.7 Å². The maximum atomic E-state index is 13.4. The normalized spacial score (nSPS) is 12.7. The molecule has 0 saturated carbocycles. The number of carbonyl (C=O) groups excluding carboxylic acids is 2. The zero-order valence-corrected chi connectivity index (χ0v) is 22.3. The molecule has 0 fully saturated rings. The van der Waals surface area contributed by atoms with Crippen molar-refractivity contribution in [1.82, 2.24) is 20.7 Å². The number of halogens is 1. The van der Waals surface area contributed by atoms with Crippen LogP contribution in [0.15, 0.2) is 66.7 Å². The first-order valence-corrected chi connectivity index (χ1v) is 13.0. The molecule has 0 radical (unpaired) electrons. The van der Waals surface area contributed by atoms with Gasteiger partial charge in [-0.1, -0.05) is 49.4 Å². The molecule has 200 valence electrons. The van der Waals surface area contributed by atoms with Crippen molar-refractivity contribution in [2.75, 3.05) is 44.7 Å². The second-order valence-corrected chi connectivity index (χ2v) is 9.58. The van der Waals surface area contributed by atoms with Gasteiger partial charge in [0, 0.05) is 38.9 Å². The molecule has 8 heteroatoms. The molecule has 1 heterocycles. The first-order chi connectivity index (χ1) is 18.4. The number of fused-ring (bicyclic) bond motifs is 1. The molecule has 7 nitrogen and oxygen atoms in total. The number of carbonyl (C=O) groups is 2. The Morgan fingerprint density at radius 2 is 1.58 bits per heavy atom. The number of rotatable bonds is 11. The summed E-state index contributed by atoms with van der Waals surface area (Å²) in [5.74, 6) is -0.522. The van der Waals surface area contributed by atoms with Crippen molar-refractivity contribution in [3.63, 3.8) is 0 Å². The van der Waals surface area contributed by atoms with E-state index in [1.807, 2.05) is 54.1 Å². The first-order valence-electron chi connectivity index (χ1n) is 13.0. The Labute approximate surface area is 224 Å². The highest BCUT2D eigenvalue weighted by Gasteiger charge is 2.27. The quantitative estimate of drug-likeness (QED) is 0.380. The summed E-state index contributed by atoms with van der Waals surface area (Å²) in [6.07, 6.45) is 0. The smallest absolute Gasteiger partial charge is 0.256 e. The van der Waals surface area contributed by atoms with Gasteiger partial charge in [-0.2, -0.15) is 0 Å². The lowest BCUT2D eigenvalue weighted by molar-refractivity contribution is -0.145. The molecule has 38 heavy (non-hydrogen) atoms. The lowest BCUT2D eigenvalue weighted by Gasteiger charge is -2.32. The minimum Gasteiger partial charge on any atom is -0.353 e. The second kappa shape index (κ2) is 12.7. The van der Waals surface area contributed by atoms with E-state index in [4.69, 9.17) is 0 Å². The van der Waals surface area contributed by atoms with Crippen LogP contribution in [0.1, 0.15) is 23.6 Å². The van der Waals surface area contributed by atoms with Crippen LogP contribution in [-0.4, -0.2) is 61.6 Å². The highest BCUT2D eigenvalue weighted by Crippen LogP contribution is 2.28. The van der Waals surface area contributed by atoms with Gasteiger partial charge in [0.1, 0.15) is 5.82 Å². The van der Waals surface area contributed by atoms with Gasteiger partial charge in [-0.3, -0.25) is 14.6 Å². The van der Waals surface area contributed by atoms with E-state index < -0.39 is 0 Å². The van der Waals surface area contributed by atoms with E-state index in [9.17, 15) is 14.0 Å². The van der Waals surface area contributed by atoms with E-state index in [0.717, 1.165) is 28.9 Å². The summed E-state index contributed by atoms with van der Waals surface area (Å²) in [6, 6.07) is 20.4. The van der Waals surface area contributed by atoms with Crippen LogP contribution in [0.25, 0.3) is 11.1 Å². The summed E-state index contributed by atoms with van der Waals surface area (Å²) in [4.78, 5) is 28.1. The van der Waals surface area contributed by atoms with Crippen LogP contribution in [0.4, 0.5) is 10.1 Å². The molecular formula is C30H36FN5O2. The molecule has 0 saturated heterocycles. The molecule has 0 atom stereocenters. The molecule has 0 spiro atoms. The van der Waals surface area contributed by atoms with Gasteiger partial charge in [-0.25, -0.2) is 9.40 Å². The summed E-state index contributed by atoms with van der Waals surface area (Å²) < 4.78 is 13.4. The molecule has 1 aliphatic rings. The molecule has 3 aromatic carbocycles. The summed E-state index contributed by atoms with van der Waals surface area (Å²) in [5, 5.41) is 9.81. The molecule has 0 aliphatic carbocycles. The summed E-state index contributed by atoms with van der Waals surface area (Å²) in [6.45, 7) is 7.48. The number of hydrazine groups is 1. The largest absolute Gasteiger partial charge is 0.353 e. The van der Waals surface area contributed by atoms with E-state index >= 15 is 0 Å². The van der Waals surface area contributed by atoms with Crippen molar-refractivity contribution in [2.24, 2.45) is 0 Å². The third kappa shape index (κ3) is 6.76. The second-order valence-electron chi connectivity index (χ2n) is 9.58.